The lowest BCUT2D eigenvalue weighted by Gasteiger charge is -2.27. The summed E-state index contributed by atoms with van der Waals surface area (Å²) in [5.74, 6) is 5.37. The highest BCUT2D eigenvalue weighted by molar-refractivity contribution is 7.97. The Balaban J connectivity index is 1.64. The largest absolute Gasteiger partial charge is 0.529 e. The first kappa shape index (κ1) is 24.1. The van der Waals surface area contributed by atoms with Gasteiger partial charge in [-0.2, -0.15) is 0 Å². The predicted molar refractivity (Wildman–Crippen MR) is 134 cm³/mol. The van der Waals surface area contributed by atoms with Gasteiger partial charge in [0.2, 0.25) is 6.34 Å². The van der Waals surface area contributed by atoms with Gasteiger partial charge in [0.05, 0.1) is 22.0 Å². The average molecular weight is 500 g/mol. The number of nitrogens with one attached hydrogen (secondary N) is 1. The van der Waals surface area contributed by atoms with Gasteiger partial charge in [0, 0.05) is 29.6 Å². The maximum Gasteiger partial charge on any atom is 0.420 e. The molecule has 0 unspecified atom stereocenters. The Morgan fingerprint density at radius 2 is 2.09 bits per heavy atom. The lowest BCUT2D eigenvalue weighted by molar-refractivity contribution is -0.381. The summed E-state index contributed by atoms with van der Waals surface area (Å²) in [4.78, 5) is 15.6. The molecule has 1 fully saturated rings. The molecule has 1 aromatic heterocycles. The van der Waals surface area contributed by atoms with Crippen LogP contribution in [0.25, 0.3) is 11.1 Å². The number of oxazole rings is 1. The van der Waals surface area contributed by atoms with E-state index in [4.69, 9.17) is 28.7 Å². The van der Waals surface area contributed by atoms with Crippen LogP contribution in [-0.4, -0.2) is 20.5 Å². The van der Waals surface area contributed by atoms with Crippen LogP contribution in [0, 0.1) is 17.7 Å². The van der Waals surface area contributed by atoms with E-state index >= 15 is 0 Å². The minimum Gasteiger partial charge on any atom is -0.529 e. The highest BCUT2D eigenvalue weighted by atomic mass is 32.2. The van der Waals surface area contributed by atoms with Crippen molar-refractivity contribution in [1.82, 2.24) is 9.40 Å². The van der Waals surface area contributed by atoms with Crippen LogP contribution in [0.15, 0.2) is 50.5 Å². The van der Waals surface area contributed by atoms with Gasteiger partial charge in [0.1, 0.15) is 5.82 Å². The summed E-state index contributed by atoms with van der Waals surface area (Å²) < 4.78 is 22.7. The van der Waals surface area contributed by atoms with E-state index in [9.17, 15) is 9.18 Å². The fourth-order valence-corrected chi connectivity index (χ4v) is 4.82. The van der Waals surface area contributed by atoms with Crippen molar-refractivity contribution in [2.45, 2.75) is 55.5 Å². The fourth-order valence-electron chi connectivity index (χ4n) is 4.14. The van der Waals surface area contributed by atoms with Crippen LogP contribution in [0.3, 0.4) is 0 Å². The molecule has 34 heavy (non-hydrogen) atoms. The van der Waals surface area contributed by atoms with Crippen LogP contribution in [0.5, 0.6) is 0 Å². The van der Waals surface area contributed by atoms with E-state index in [1.54, 1.807) is 0 Å². The van der Waals surface area contributed by atoms with Crippen LogP contribution in [-0.2, 0) is 12.8 Å². The Labute approximate surface area is 207 Å². The van der Waals surface area contributed by atoms with E-state index in [1.165, 1.54) is 23.1 Å². The molecule has 178 valence electrons. The molecule has 5 N–H and O–H groups in total. The van der Waals surface area contributed by atoms with E-state index in [-0.39, 0.29) is 10.5 Å². The molecular weight excluding hydrogens is 473 g/mol. The summed E-state index contributed by atoms with van der Waals surface area (Å²) >= 11 is 5.79. The number of hydrogen-bond donors (Lipinski definition) is 3. The highest BCUT2D eigenvalue weighted by Gasteiger charge is 2.25. The second-order valence-electron chi connectivity index (χ2n) is 8.42. The summed E-state index contributed by atoms with van der Waals surface area (Å²) in [5, 5.41) is 0. The van der Waals surface area contributed by atoms with Crippen molar-refractivity contribution in [2.75, 3.05) is 0 Å². The predicted octanol–water partition coefficient (Wildman–Crippen LogP) is 3.33. The molecule has 4 rings (SSSR count). The molecule has 3 aromatic rings. The molecule has 7 nitrogen and oxygen atoms in total. The second kappa shape index (κ2) is 10.1. The minimum atomic E-state index is -0.572. The number of benzene rings is 2. The Morgan fingerprint density at radius 3 is 2.82 bits per heavy atom. The number of hydrazine groups is 1. The third-order valence-corrected chi connectivity index (χ3v) is 7.16. The topological polar surface area (TPSA) is 102 Å². The van der Waals surface area contributed by atoms with Gasteiger partial charge in [0.15, 0.2) is 5.58 Å². The standard InChI is InChI=1S/C24H26FN5O2S2/c1-16(18-7-5-6-17(12-18)8-11-24(27)9-3-2-4-10-24)30-20-13-19(25)22(34-28-29(33)15-26)14-21(20)32-23(30)31/h5-7,12-16,28H,2-4,9-10,26-27H2,1H3/b29-15-/t16-/m1/s1. The number of nitrogens with zero attached hydrogens (tertiary/aromatic N) is 2. The molecule has 1 heterocycles. The number of rotatable bonds is 5. The molecule has 1 aliphatic carbocycles. The third-order valence-electron chi connectivity index (χ3n) is 6.01. The first-order valence-corrected chi connectivity index (χ1v) is 12.2. The van der Waals surface area contributed by atoms with Gasteiger partial charge in [-0.25, -0.2) is 14.0 Å². The smallest absolute Gasteiger partial charge is 0.420 e. The summed E-state index contributed by atoms with van der Waals surface area (Å²) in [6.07, 6.45) is 6.34. The van der Waals surface area contributed by atoms with Crippen LogP contribution in [0.1, 0.15) is 56.2 Å². The lowest BCUT2D eigenvalue weighted by Crippen LogP contribution is -2.40. The zero-order chi connectivity index (χ0) is 24.3. The van der Waals surface area contributed by atoms with Crippen LogP contribution < -0.4 is 22.1 Å². The monoisotopic (exact) mass is 499 g/mol. The van der Waals surface area contributed by atoms with Gasteiger partial charge < -0.3 is 23.0 Å². The van der Waals surface area contributed by atoms with Crippen LogP contribution in [0.4, 0.5) is 4.39 Å². The molecule has 0 amide bonds. The Hall–Kier alpha value is -3.00. The highest BCUT2D eigenvalue weighted by Crippen LogP contribution is 2.29. The zero-order valence-electron chi connectivity index (χ0n) is 18.7. The normalized spacial score (nSPS) is 16.6. The third kappa shape index (κ3) is 5.22. The maximum atomic E-state index is 14.8. The molecule has 0 saturated heterocycles. The molecule has 2 aromatic carbocycles. The molecule has 0 radical (unpaired) electrons. The van der Waals surface area contributed by atoms with Gasteiger partial charge in [-0.05, 0) is 37.5 Å². The van der Waals surface area contributed by atoms with Gasteiger partial charge >= 0.3 is 5.76 Å². The fraction of sp³-hybridized carbons (Fsp3) is 0.333. The van der Waals surface area contributed by atoms with Crippen molar-refractivity contribution in [3.63, 3.8) is 0 Å². The van der Waals surface area contributed by atoms with Crippen LogP contribution in [0.2, 0.25) is 0 Å². The Bertz CT molecular complexity index is 1350. The molecule has 10 heteroatoms. The summed E-state index contributed by atoms with van der Waals surface area (Å²) in [6, 6.07) is 9.99. The van der Waals surface area contributed by atoms with Gasteiger partial charge in [0.25, 0.3) is 0 Å². The summed E-state index contributed by atoms with van der Waals surface area (Å²) in [7, 11) is 0. The molecule has 0 aliphatic heterocycles. The number of hydrazone groups is 1. The van der Waals surface area contributed by atoms with Crippen molar-refractivity contribution < 1.29 is 12.9 Å². The van der Waals surface area contributed by atoms with Crippen LogP contribution >= 0.6 is 11.9 Å². The van der Waals surface area contributed by atoms with E-state index in [2.05, 4.69) is 16.7 Å². The van der Waals surface area contributed by atoms with Crippen molar-refractivity contribution in [3.8, 4) is 11.8 Å². The zero-order valence-corrected chi connectivity index (χ0v) is 20.3. The Kier molecular flexibility index (Phi) is 7.16. The van der Waals surface area contributed by atoms with E-state index in [0.717, 1.165) is 59.2 Å². The van der Waals surface area contributed by atoms with Crippen molar-refractivity contribution >= 4 is 42.2 Å². The molecular formula is C24H26FN5O2S2. The molecule has 0 spiro atoms. The number of fused-ring (bicyclic) bond motifs is 1. The molecule has 1 aliphatic rings. The van der Waals surface area contributed by atoms with Crippen molar-refractivity contribution in [3.05, 3.63) is 63.9 Å². The first-order valence-electron chi connectivity index (χ1n) is 11.0. The van der Waals surface area contributed by atoms with E-state index in [0.29, 0.717) is 5.52 Å². The molecule has 1 saturated carbocycles. The molecule has 1 atom stereocenters. The number of halogens is 1. The number of aromatic nitrogens is 1. The summed E-state index contributed by atoms with van der Waals surface area (Å²) in [5.41, 5.74) is 13.6. The van der Waals surface area contributed by atoms with Gasteiger partial charge in [-0.15, -0.1) is 0 Å². The number of hydrogen-bond acceptors (Lipinski definition) is 6. The molecule has 0 bridgehead atoms. The van der Waals surface area contributed by atoms with E-state index in [1.807, 2.05) is 31.2 Å². The van der Waals surface area contributed by atoms with Gasteiger partial charge in [-0.1, -0.05) is 43.2 Å². The lowest BCUT2D eigenvalue weighted by atomic mass is 9.83. The quantitative estimate of drug-likeness (QED) is 0.0941. The average Bonchev–Trinajstić information content (AvgIpc) is 3.15. The van der Waals surface area contributed by atoms with Gasteiger partial charge in [-0.3, -0.25) is 14.4 Å². The van der Waals surface area contributed by atoms with Crippen molar-refractivity contribution in [2.24, 2.45) is 11.5 Å². The Morgan fingerprint density at radius 1 is 1.32 bits per heavy atom. The second-order valence-corrected chi connectivity index (χ2v) is 9.64. The SMILES string of the molecule is C[C@H](c1cccc(C#CC2(N)CCCCC2)c1)n1c(=O)oc2cc(SN/[N+]([S-])=C/N)c(F)cc21. The minimum absolute atomic E-state index is 0.216. The van der Waals surface area contributed by atoms with E-state index < -0.39 is 23.2 Å². The summed E-state index contributed by atoms with van der Waals surface area (Å²) in [6.45, 7) is 1.86. The van der Waals surface area contributed by atoms with Crippen molar-refractivity contribution in [1.29, 1.82) is 0 Å². The first-order chi connectivity index (χ1) is 16.3. The number of nitrogens with two attached hydrogens (primary N) is 2. The maximum absolute atomic E-state index is 14.8.